The van der Waals surface area contributed by atoms with Crippen LogP contribution in [0, 0.1) is 13.8 Å². The van der Waals surface area contributed by atoms with Crippen molar-refractivity contribution in [1.29, 1.82) is 0 Å². The number of esters is 1. The highest BCUT2D eigenvalue weighted by Crippen LogP contribution is 2.20. The molecule has 152 valence electrons. The van der Waals surface area contributed by atoms with Crippen molar-refractivity contribution in [3.8, 4) is 5.75 Å². The van der Waals surface area contributed by atoms with Crippen LogP contribution in [0.1, 0.15) is 60.5 Å². The Balaban J connectivity index is 1.94. The lowest BCUT2D eigenvalue weighted by molar-refractivity contribution is -0.143. The van der Waals surface area contributed by atoms with Gasteiger partial charge in [-0.25, -0.2) is 0 Å². The van der Waals surface area contributed by atoms with Gasteiger partial charge in [0.1, 0.15) is 12.4 Å². The minimum absolute atomic E-state index is 0.133. The molecule has 7 nitrogen and oxygen atoms in total. The number of hydrogen-bond donors (Lipinski definition) is 1. The number of aryl methyl sites for hydroxylation is 2. The van der Waals surface area contributed by atoms with Crippen molar-refractivity contribution in [1.82, 2.24) is 10.5 Å². The quantitative estimate of drug-likeness (QED) is 0.624. The third-order valence-electron chi connectivity index (χ3n) is 4.20. The molecule has 0 spiro atoms. The van der Waals surface area contributed by atoms with Crippen LogP contribution in [-0.4, -0.2) is 29.7 Å². The number of carbonyl (C=O) groups excluding carboxylic acids is 2. The van der Waals surface area contributed by atoms with E-state index >= 15 is 0 Å². The second kappa shape index (κ2) is 10.5. The minimum Gasteiger partial charge on any atom is -0.485 e. The first-order valence-electron chi connectivity index (χ1n) is 9.55. The molecule has 1 amide bonds. The van der Waals surface area contributed by atoms with Gasteiger partial charge >= 0.3 is 5.97 Å². The molecular formula is C21H28N2O5. The van der Waals surface area contributed by atoms with Crippen molar-refractivity contribution in [2.75, 3.05) is 6.61 Å². The molecule has 7 heteroatoms. The molecule has 0 saturated heterocycles. The molecule has 1 N–H and O–H groups in total. The molecule has 0 aliphatic rings. The highest BCUT2D eigenvalue weighted by atomic mass is 16.5. The zero-order chi connectivity index (χ0) is 20.5. The van der Waals surface area contributed by atoms with Gasteiger partial charge in [0.2, 0.25) is 0 Å². The van der Waals surface area contributed by atoms with E-state index in [1.165, 1.54) is 0 Å². The van der Waals surface area contributed by atoms with E-state index in [-0.39, 0.29) is 36.6 Å². The van der Waals surface area contributed by atoms with Gasteiger partial charge in [0.15, 0.2) is 11.5 Å². The van der Waals surface area contributed by atoms with Crippen molar-refractivity contribution in [3.63, 3.8) is 0 Å². The third kappa shape index (κ3) is 6.40. The molecule has 0 radical (unpaired) electrons. The molecule has 28 heavy (non-hydrogen) atoms. The monoisotopic (exact) mass is 388 g/mol. The van der Waals surface area contributed by atoms with Gasteiger partial charge in [0.25, 0.3) is 5.91 Å². The Bertz CT molecular complexity index is 800. The lowest BCUT2D eigenvalue weighted by Crippen LogP contribution is -2.37. The van der Waals surface area contributed by atoms with Gasteiger partial charge in [-0.2, -0.15) is 0 Å². The van der Waals surface area contributed by atoms with Crippen LogP contribution in [0.15, 0.2) is 28.8 Å². The van der Waals surface area contributed by atoms with Crippen molar-refractivity contribution < 1.29 is 23.6 Å². The first-order chi connectivity index (χ1) is 13.4. The second-order valence-electron chi connectivity index (χ2n) is 6.70. The number of amides is 1. The van der Waals surface area contributed by atoms with Crippen molar-refractivity contribution in [2.24, 2.45) is 0 Å². The summed E-state index contributed by atoms with van der Waals surface area (Å²) in [5.74, 6) is 0.497. The van der Waals surface area contributed by atoms with Crippen molar-refractivity contribution in [3.05, 3.63) is 46.8 Å². The summed E-state index contributed by atoms with van der Waals surface area (Å²) in [6.07, 6.45) is 1.64. The summed E-state index contributed by atoms with van der Waals surface area (Å²) < 4.78 is 15.9. The van der Waals surface area contributed by atoms with E-state index in [2.05, 4.69) is 10.5 Å². The van der Waals surface area contributed by atoms with E-state index in [1.54, 1.807) is 13.0 Å². The van der Waals surface area contributed by atoms with E-state index < -0.39 is 0 Å². The first kappa shape index (κ1) is 21.5. The number of nitrogens with zero attached hydrogens (tertiary/aromatic N) is 1. The van der Waals surface area contributed by atoms with Gasteiger partial charge in [-0.15, -0.1) is 0 Å². The average molecular weight is 388 g/mol. The Labute approximate surface area is 165 Å². The molecule has 0 unspecified atom stereocenters. The zero-order valence-corrected chi connectivity index (χ0v) is 16.9. The molecule has 1 aromatic heterocycles. The predicted octanol–water partition coefficient (Wildman–Crippen LogP) is 3.72. The topological polar surface area (TPSA) is 90.7 Å². The van der Waals surface area contributed by atoms with Crippen LogP contribution >= 0.6 is 0 Å². The number of carbonyl (C=O) groups is 2. The smallest absolute Gasteiger partial charge is 0.307 e. The van der Waals surface area contributed by atoms with Crippen molar-refractivity contribution >= 4 is 11.9 Å². The lowest BCUT2D eigenvalue weighted by Gasteiger charge is -2.16. The summed E-state index contributed by atoms with van der Waals surface area (Å²) in [5.41, 5.74) is 2.27. The van der Waals surface area contributed by atoms with E-state index in [4.69, 9.17) is 14.0 Å². The number of hydrogen-bond acceptors (Lipinski definition) is 6. The SMILES string of the molecule is CCC[C@H](CC(=O)OCC)NC(=O)c1cc(COc2cc(C)ccc2C)on1. The molecule has 0 bridgehead atoms. The molecule has 0 aliphatic carbocycles. The summed E-state index contributed by atoms with van der Waals surface area (Å²) in [4.78, 5) is 24.1. The largest absolute Gasteiger partial charge is 0.485 e. The number of benzene rings is 1. The lowest BCUT2D eigenvalue weighted by atomic mass is 10.1. The van der Waals surface area contributed by atoms with Crippen LogP contribution in [0.3, 0.4) is 0 Å². The van der Waals surface area contributed by atoms with Gasteiger partial charge in [-0.05, 0) is 44.4 Å². The number of rotatable bonds is 10. The maximum absolute atomic E-state index is 12.4. The van der Waals surface area contributed by atoms with Gasteiger partial charge in [-0.1, -0.05) is 30.6 Å². The Hall–Kier alpha value is -2.83. The summed E-state index contributed by atoms with van der Waals surface area (Å²) in [6, 6.07) is 7.20. The Kier molecular flexibility index (Phi) is 8.04. The first-order valence-corrected chi connectivity index (χ1v) is 9.55. The molecular weight excluding hydrogens is 360 g/mol. The maximum atomic E-state index is 12.4. The number of aromatic nitrogens is 1. The van der Waals surface area contributed by atoms with E-state index in [0.717, 1.165) is 23.3 Å². The Morgan fingerprint density at radius 3 is 2.71 bits per heavy atom. The fraction of sp³-hybridized carbons (Fsp3) is 0.476. The van der Waals surface area contributed by atoms with Crippen LogP contribution in [0.25, 0.3) is 0 Å². The molecule has 0 aliphatic heterocycles. The molecule has 0 fully saturated rings. The van der Waals surface area contributed by atoms with Crippen LogP contribution in [0.4, 0.5) is 0 Å². The predicted molar refractivity (Wildman–Crippen MR) is 104 cm³/mol. The van der Waals surface area contributed by atoms with Crippen LogP contribution in [-0.2, 0) is 16.1 Å². The van der Waals surface area contributed by atoms with Crippen LogP contribution < -0.4 is 10.1 Å². The van der Waals surface area contributed by atoms with Crippen LogP contribution in [0.5, 0.6) is 5.75 Å². The standard InChI is InChI=1S/C21H28N2O5/c1-5-7-16(11-20(24)26-6-2)22-21(25)18-12-17(28-23-18)13-27-19-10-14(3)8-9-15(19)4/h8-10,12,16H,5-7,11,13H2,1-4H3,(H,22,25)/t16-/m1/s1. The minimum atomic E-state index is -0.385. The Morgan fingerprint density at radius 1 is 1.21 bits per heavy atom. The van der Waals surface area contributed by atoms with E-state index in [1.807, 2.05) is 39.0 Å². The molecule has 1 atom stereocenters. The molecule has 0 saturated carbocycles. The molecule has 1 aromatic carbocycles. The number of nitrogens with one attached hydrogen (secondary N) is 1. The fourth-order valence-corrected chi connectivity index (χ4v) is 2.75. The van der Waals surface area contributed by atoms with Gasteiger partial charge in [-0.3, -0.25) is 9.59 Å². The summed E-state index contributed by atoms with van der Waals surface area (Å²) in [6.45, 7) is 8.19. The highest BCUT2D eigenvalue weighted by Gasteiger charge is 2.20. The normalized spacial score (nSPS) is 11.7. The third-order valence-corrected chi connectivity index (χ3v) is 4.20. The second-order valence-corrected chi connectivity index (χ2v) is 6.70. The zero-order valence-electron chi connectivity index (χ0n) is 16.9. The molecule has 2 rings (SSSR count). The number of ether oxygens (including phenoxy) is 2. The summed E-state index contributed by atoms with van der Waals surface area (Å²) in [5, 5.41) is 6.64. The summed E-state index contributed by atoms with van der Waals surface area (Å²) in [7, 11) is 0. The van der Waals surface area contributed by atoms with Gasteiger partial charge in [0.05, 0.1) is 13.0 Å². The average Bonchev–Trinajstić information content (AvgIpc) is 3.12. The fourth-order valence-electron chi connectivity index (χ4n) is 2.75. The highest BCUT2D eigenvalue weighted by molar-refractivity contribution is 5.92. The molecule has 1 heterocycles. The van der Waals surface area contributed by atoms with E-state index in [0.29, 0.717) is 18.8 Å². The maximum Gasteiger partial charge on any atom is 0.307 e. The van der Waals surface area contributed by atoms with E-state index in [9.17, 15) is 9.59 Å². The molecule has 2 aromatic rings. The van der Waals surface area contributed by atoms with Gasteiger partial charge < -0.3 is 19.3 Å². The van der Waals surface area contributed by atoms with Crippen LogP contribution in [0.2, 0.25) is 0 Å². The van der Waals surface area contributed by atoms with Gasteiger partial charge in [0, 0.05) is 12.1 Å². The van der Waals surface area contributed by atoms with Crippen molar-refractivity contribution in [2.45, 2.75) is 59.6 Å². The summed E-state index contributed by atoms with van der Waals surface area (Å²) >= 11 is 0. The Morgan fingerprint density at radius 2 is 2.00 bits per heavy atom.